The summed E-state index contributed by atoms with van der Waals surface area (Å²) in [5.41, 5.74) is 2.54. The standard InChI is InChI=1S/C23H32N2O3Si/c1-17(2)14-22(29)25(16-26)23(28)20-11-7-6-10-19(20)12-13-21(27)24-15-18-8-4-3-5-9-18/h3-11,17,22,26H,12-16H2,1-2,29H3,(H,24,27). The van der Waals surface area contributed by atoms with Crippen molar-refractivity contribution in [3.63, 3.8) is 0 Å². The van der Waals surface area contributed by atoms with Crippen LogP contribution < -0.4 is 5.32 Å². The first-order chi connectivity index (χ1) is 13.9. The van der Waals surface area contributed by atoms with Crippen LogP contribution in [0, 0.1) is 5.92 Å². The number of benzene rings is 2. The van der Waals surface area contributed by atoms with Crippen LogP contribution in [-0.4, -0.2) is 44.5 Å². The predicted octanol–water partition coefficient (Wildman–Crippen LogP) is 2.07. The average molecular weight is 413 g/mol. The maximum Gasteiger partial charge on any atom is 0.255 e. The highest BCUT2D eigenvalue weighted by molar-refractivity contribution is 6.14. The summed E-state index contributed by atoms with van der Waals surface area (Å²) in [5, 5.41) is 12.7. The maximum absolute atomic E-state index is 13.1. The Hall–Kier alpha value is -2.44. The van der Waals surface area contributed by atoms with Gasteiger partial charge in [0.2, 0.25) is 5.91 Å². The number of hydrogen-bond acceptors (Lipinski definition) is 3. The van der Waals surface area contributed by atoms with Crippen LogP contribution in [0.2, 0.25) is 0 Å². The molecule has 0 aromatic heterocycles. The van der Waals surface area contributed by atoms with Gasteiger partial charge in [-0.1, -0.05) is 62.4 Å². The van der Waals surface area contributed by atoms with Crippen LogP contribution in [0.3, 0.4) is 0 Å². The summed E-state index contributed by atoms with van der Waals surface area (Å²) in [6.45, 7) is 4.45. The molecule has 2 amide bonds. The van der Waals surface area contributed by atoms with Gasteiger partial charge in [-0.25, -0.2) is 0 Å². The van der Waals surface area contributed by atoms with E-state index in [1.165, 1.54) is 0 Å². The molecule has 0 radical (unpaired) electrons. The second kappa shape index (κ2) is 11.5. The first kappa shape index (κ1) is 22.8. The molecule has 0 heterocycles. The van der Waals surface area contributed by atoms with Gasteiger partial charge in [0.05, 0.1) is 0 Å². The van der Waals surface area contributed by atoms with Gasteiger partial charge in [0.15, 0.2) is 0 Å². The molecule has 0 saturated carbocycles. The molecule has 0 bridgehead atoms. The van der Waals surface area contributed by atoms with Crippen LogP contribution in [0.15, 0.2) is 54.6 Å². The number of amides is 2. The van der Waals surface area contributed by atoms with Crippen molar-refractivity contribution in [2.24, 2.45) is 5.92 Å². The fraction of sp³-hybridized carbons (Fsp3) is 0.391. The molecule has 0 aliphatic rings. The van der Waals surface area contributed by atoms with Gasteiger partial charge in [-0.2, -0.15) is 0 Å². The Balaban J connectivity index is 2.00. The maximum atomic E-state index is 13.1. The van der Waals surface area contributed by atoms with Gasteiger partial charge in [-0.15, -0.1) is 0 Å². The minimum Gasteiger partial charge on any atom is -0.376 e. The highest BCUT2D eigenvalue weighted by Gasteiger charge is 2.23. The Bertz CT molecular complexity index is 796. The van der Waals surface area contributed by atoms with E-state index >= 15 is 0 Å². The summed E-state index contributed by atoms with van der Waals surface area (Å²) < 4.78 is 0. The lowest BCUT2D eigenvalue weighted by molar-refractivity contribution is -0.121. The third kappa shape index (κ3) is 7.14. The zero-order chi connectivity index (χ0) is 21.2. The molecule has 5 nitrogen and oxygen atoms in total. The van der Waals surface area contributed by atoms with E-state index in [4.69, 9.17) is 0 Å². The molecule has 0 aliphatic heterocycles. The Morgan fingerprint density at radius 3 is 2.38 bits per heavy atom. The van der Waals surface area contributed by atoms with Gasteiger partial charge in [0.25, 0.3) is 5.91 Å². The number of rotatable bonds is 10. The third-order valence-electron chi connectivity index (χ3n) is 4.96. The summed E-state index contributed by atoms with van der Waals surface area (Å²) >= 11 is 0. The second-order valence-corrected chi connectivity index (χ2v) is 9.15. The summed E-state index contributed by atoms with van der Waals surface area (Å²) in [6.07, 6.45) is 1.67. The number of carbonyl (C=O) groups excluding carboxylic acids is 2. The molecule has 2 rings (SSSR count). The van der Waals surface area contributed by atoms with E-state index in [0.717, 1.165) is 27.8 Å². The van der Waals surface area contributed by atoms with Crippen molar-refractivity contribution in [2.45, 2.75) is 45.3 Å². The molecule has 1 atom stereocenters. The van der Waals surface area contributed by atoms with E-state index in [-0.39, 0.29) is 24.2 Å². The fourth-order valence-electron chi connectivity index (χ4n) is 3.45. The number of aliphatic hydroxyl groups excluding tert-OH is 1. The minimum atomic E-state index is -0.286. The van der Waals surface area contributed by atoms with Crippen molar-refractivity contribution in [2.75, 3.05) is 6.73 Å². The van der Waals surface area contributed by atoms with Crippen molar-refractivity contribution in [3.8, 4) is 0 Å². The Kier molecular flexibility index (Phi) is 9.08. The van der Waals surface area contributed by atoms with Gasteiger partial charge in [-0.3, -0.25) is 9.59 Å². The number of aliphatic hydroxyl groups is 1. The molecule has 0 saturated heterocycles. The predicted molar refractivity (Wildman–Crippen MR) is 119 cm³/mol. The van der Waals surface area contributed by atoms with Crippen LogP contribution in [0.1, 0.15) is 48.2 Å². The monoisotopic (exact) mass is 412 g/mol. The zero-order valence-electron chi connectivity index (χ0n) is 17.6. The summed E-state index contributed by atoms with van der Waals surface area (Å²) in [4.78, 5) is 26.9. The van der Waals surface area contributed by atoms with Crippen LogP contribution >= 0.6 is 0 Å². The average Bonchev–Trinajstić information content (AvgIpc) is 2.71. The molecule has 156 valence electrons. The molecule has 1 unspecified atom stereocenters. The Labute approximate surface area is 176 Å². The van der Waals surface area contributed by atoms with Crippen molar-refractivity contribution < 1.29 is 14.7 Å². The Morgan fingerprint density at radius 2 is 1.72 bits per heavy atom. The number of carbonyl (C=O) groups is 2. The number of aryl methyl sites for hydroxylation is 1. The van der Waals surface area contributed by atoms with Crippen LogP contribution in [0.5, 0.6) is 0 Å². The van der Waals surface area contributed by atoms with E-state index < -0.39 is 0 Å². The van der Waals surface area contributed by atoms with Crippen molar-refractivity contribution in [3.05, 3.63) is 71.3 Å². The van der Waals surface area contributed by atoms with Gasteiger partial charge in [-0.05, 0) is 36.0 Å². The molecule has 2 N–H and O–H groups in total. The lowest BCUT2D eigenvalue weighted by atomic mass is 10.0. The van der Waals surface area contributed by atoms with Crippen LogP contribution in [-0.2, 0) is 17.8 Å². The third-order valence-corrected chi connectivity index (χ3v) is 6.05. The van der Waals surface area contributed by atoms with E-state index in [0.29, 0.717) is 30.9 Å². The van der Waals surface area contributed by atoms with E-state index in [1.807, 2.05) is 48.5 Å². The smallest absolute Gasteiger partial charge is 0.255 e. The summed E-state index contributed by atoms with van der Waals surface area (Å²) in [6, 6.07) is 17.1. The first-order valence-corrected chi connectivity index (χ1v) is 11.4. The van der Waals surface area contributed by atoms with Gasteiger partial charge in [0.1, 0.15) is 6.73 Å². The molecule has 0 aliphatic carbocycles. The first-order valence-electron chi connectivity index (χ1n) is 10.2. The van der Waals surface area contributed by atoms with E-state index in [1.54, 1.807) is 11.0 Å². The Morgan fingerprint density at radius 1 is 1.07 bits per heavy atom. The fourth-order valence-corrected chi connectivity index (χ4v) is 4.79. The molecule has 6 heteroatoms. The lowest BCUT2D eigenvalue weighted by Gasteiger charge is -2.29. The topological polar surface area (TPSA) is 69.6 Å². The summed E-state index contributed by atoms with van der Waals surface area (Å²) in [5.74, 6) is 0.257. The second-order valence-electron chi connectivity index (χ2n) is 7.81. The van der Waals surface area contributed by atoms with Crippen LogP contribution in [0.25, 0.3) is 0 Å². The van der Waals surface area contributed by atoms with E-state index in [9.17, 15) is 14.7 Å². The van der Waals surface area contributed by atoms with Gasteiger partial charge >= 0.3 is 0 Å². The molecule has 2 aromatic rings. The zero-order valence-corrected chi connectivity index (χ0v) is 19.6. The van der Waals surface area contributed by atoms with E-state index in [2.05, 4.69) is 19.2 Å². The minimum absolute atomic E-state index is 0.0456. The summed E-state index contributed by atoms with van der Waals surface area (Å²) in [7, 11) is 0.796. The van der Waals surface area contributed by atoms with Crippen molar-refractivity contribution in [1.29, 1.82) is 0 Å². The molecule has 0 spiro atoms. The molecular weight excluding hydrogens is 380 g/mol. The van der Waals surface area contributed by atoms with Gasteiger partial charge in [0, 0.05) is 34.4 Å². The van der Waals surface area contributed by atoms with Gasteiger partial charge < -0.3 is 15.3 Å². The molecular formula is C23H32N2O3Si. The normalized spacial score (nSPS) is 12.0. The largest absolute Gasteiger partial charge is 0.376 e. The van der Waals surface area contributed by atoms with Crippen molar-refractivity contribution in [1.82, 2.24) is 10.2 Å². The number of nitrogens with one attached hydrogen (secondary N) is 1. The highest BCUT2D eigenvalue weighted by atomic mass is 28.1. The number of nitrogens with zero attached hydrogens (tertiary/aromatic N) is 1. The molecule has 2 aromatic carbocycles. The SMILES string of the molecule is CC(C)CC([SiH3])N(CO)C(=O)c1ccccc1CCC(=O)NCc1ccccc1. The molecule has 29 heavy (non-hydrogen) atoms. The molecule has 0 fully saturated rings. The van der Waals surface area contributed by atoms with Crippen LogP contribution in [0.4, 0.5) is 0 Å². The quantitative estimate of drug-likeness (QED) is 0.464. The lowest BCUT2D eigenvalue weighted by Crippen LogP contribution is -2.42. The number of hydrogen-bond donors (Lipinski definition) is 2. The van der Waals surface area contributed by atoms with Crippen molar-refractivity contribution >= 4 is 22.1 Å². The highest BCUT2D eigenvalue weighted by Crippen LogP contribution is 2.17.